The van der Waals surface area contributed by atoms with Crippen LogP contribution in [-0.4, -0.2) is 37.2 Å². The quantitative estimate of drug-likeness (QED) is 0.0262. The third-order valence-corrected chi connectivity index (χ3v) is 11.7. The zero-order valence-electron chi connectivity index (χ0n) is 42.7. The third kappa shape index (κ3) is 51.7. The highest BCUT2D eigenvalue weighted by atomic mass is 16.6. The summed E-state index contributed by atoms with van der Waals surface area (Å²) >= 11 is 0. The molecule has 0 rings (SSSR count). The first-order chi connectivity index (χ1) is 32.0. The molecule has 0 aromatic carbocycles. The number of hydrogen-bond acceptors (Lipinski definition) is 6. The minimum absolute atomic E-state index is 0.0938. The maximum absolute atomic E-state index is 12.8. The number of carbonyl (C=O) groups is 3. The van der Waals surface area contributed by atoms with Crippen molar-refractivity contribution in [2.45, 2.75) is 271 Å². The molecule has 0 unspecified atom stereocenters. The molecule has 1 atom stereocenters. The van der Waals surface area contributed by atoms with E-state index in [2.05, 4.69) is 93.7 Å². The van der Waals surface area contributed by atoms with Crippen LogP contribution in [-0.2, 0) is 28.6 Å². The van der Waals surface area contributed by atoms with Crippen molar-refractivity contribution in [3.05, 3.63) is 72.9 Å². The Balaban J connectivity index is 4.47. The fourth-order valence-electron chi connectivity index (χ4n) is 7.52. The van der Waals surface area contributed by atoms with E-state index in [0.29, 0.717) is 19.3 Å². The summed E-state index contributed by atoms with van der Waals surface area (Å²) in [6.07, 6.45) is 67.4. The first kappa shape index (κ1) is 61.9. The Morgan fingerprint density at radius 2 is 0.569 bits per heavy atom. The molecule has 0 saturated heterocycles. The van der Waals surface area contributed by atoms with Crippen LogP contribution in [0.25, 0.3) is 0 Å². The largest absolute Gasteiger partial charge is 0.462 e. The lowest BCUT2D eigenvalue weighted by molar-refractivity contribution is -0.167. The number of esters is 3. The highest BCUT2D eigenvalue weighted by Crippen LogP contribution is 2.15. The van der Waals surface area contributed by atoms with Crippen LogP contribution in [0.1, 0.15) is 265 Å². The van der Waals surface area contributed by atoms with Crippen LogP contribution in [0.4, 0.5) is 0 Å². The maximum Gasteiger partial charge on any atom is 0.306 e. The number of ether oxygens (including phenoxy) is 3. The first-order valence-corrected chi connectivity index (χ1v) is 27.4. The Morgan fingerprint density at radius 1 is 0.308 bits per heavy atom. The molecule has 65 heavy (non-hydrogen) atoms. The van der Waals surface area contributed by atoms with E-state index in [1.54, 1.807) is 0 Å². The van der Waals surface area contributed by atoms with Crippen molar-refractivity contribution >= 4 is 17.9 Å². The average Bonchev–Trinajstić information content (AvgIpc) is 3.30. The monoisotopic (exact) mass is 907 g/mol. The van der Waals surface area contributed by atoms with Crippen LogP contribution in [0, 0.1) is 0 Å². The molecule has 0 saturated carbocycles. The van der Waals surface area contributed by atoms with E-state index in [0.717, 1.165) is 77.0 Å². The van der Waals surface area contributed by atoms with Gasteiger partial charge < -0.3 is 14.2 Å². The normalized spacial score (nSPS) is 12.6. The number of unbranched alkanes of at least 4 members (excludes halogenated alkanes) is 26. The van der Waals surface area contributed by atoms with Gasteiger partial charge in [0, 0.05) is 19.3 Å². The molecular weight excluding hydrogens is 805 g/mol. The van der Waals surface area contributed by atoms with E-state index in [1.807, 2.05) is 0 Å². The zero-order chi connectivity index (χ0) is 47.2. The number of hydrogen-bond donors (Lipinski definition) is 0. The lowest BCUT2D eigenvalue weighted by Gasteiger charge is -2.18. The highest BCUT2D eigenvalue weighted by molar-refractivity contribution is 5.71. The Kier molecular flexibility index (Phi) is 50.9. The highest BCUT2D eigenvalue weighted by Gasteiger charge is 2.19. The van der Waals surface area contributed by atoms with Gasteiger partial charge in [-0.3, -0.25) is 14.4 Å². The van der Waals surface area contributed by atoms with Gasteiger partial charge in [0.25, 0.3) is 0 Å². The molecular formula is C59H102O6. The fraction of sp³-hybridized carbons (Fsp3) is 0.746. The summed E-state index contributed by atoms with van der Waals surface area (Å²) < 4.78 is 16.8. The number of allylic oxidation sites excluding steroid dienone is 12. The van der Waals surface area contributed by atoms with E-state index in [4.69, 9.17) is 14.2 Å². The van der Waals surface area contributed by atoms with Crippen LogP contribution in [0.3, 0.4) is 0 Å². The molecule has 0 amide bonds. The predicted octanol–water partition coefficient (Wildman–Crippen LogP) is 18.2. The summed E-state index contributed by atoms with van der Waals surface area (Å²) in [6.45, 7) is 6.54. The predicted molar refractivity (Wildman–Crippen MR) is 279 cm³/mol. The fourth-order valence-corrected chi connectivity index (χ4v) is 7.52. The van der Waals surface area contributed by atoms with E-state index in [1.165, 1.54) is 141 Å². The summed E-state index contributed by atoms with van der Waals surface area (Å²) in [4.78, 5) is 38.0. The Morgan fingerprint density at radius 3 is 0.954 bits per heavy atom. The third-order valence-electron chi connectivity index (χ3n) is 11.7. The van der Waals surface area contributed by atoms with Gasteiger partial charge in [-0.1, -0.05) is 229 Å². The molecule has 0 spiro atoms. The van der Waals surface area contributed by atoms with Gasteiger partial charge in [-0.05, 0) is 89.9 Å². The average molecular weight is 907 g/mol. The molecule has 0 heterocycles. The van der Waals surface area contributed by atoms with Gasteiger partial charge in [0.05, 0.1) is 0 Å². The minimum atomic E-state index is -0.800. The molecule has 0 aliphatic heterocycles. The van der Waals surface area contributed by atoms with Gasteiger partial charge in [0.2, 0.25) is 0 Å². The summed E-state index contributed by atoms with van der Waals surface area (Å²) in [5.74, 6) is -0.955. The van der Waals surface area contributed by atoms with Gasteiger partial charge in [-0.25, -0.2) is 0 Å². The Bertz CT molecular complexity index is 1230. The van der Waals surface area contributed by atoms with Crippen molar-refractivity contribution < 1.29 is 28.6 Å². The van der Waals surface area contributed by atoms with Gasteiger partial charge in [0.15, 0.2) is 6.10 Å². The smallest absolute Gasteiger partial charge is 0.306 e. The van der Waals surface area contributed by atoms with Crippen molar-refractivity contribution in [3.63, 3.8) is 0 Å². The number of rotatable bonds is 49. The summed E-state index contributed by atoms with van der Waals surface area (Å²) in [6, 6.07) is 0. The van der Waals surface area contributed by atoms with E-state index in [9.17, 15) is 14.4 Å². The van der Waals surface area contributed by atoms with E-state index < -0.39 is 6.10 Å². The molecule has 0 fully saturated rings. The van der Waals surface area contributed by atoms with Crippen LogP contribution in [0.2, 0.25) is 0 Å². The molecule has 0 aliphatic carbocycles. The van der Waals surface area contributed by atoms with Crippen molar-refractivity contribution in [1.29, 1.82) is 0 Å². The SMILES string of the molecule is CCCCC/C=C\C/C=C\C/C=C\C/C=C\CCCC(=O)OC[C@H](COC(=O)CCCCCCCCCCCCCCC)OC(=O)CCCCCCCCC/C=C\C/C=C\CCCCC. The first-order valence-electron chi connectivity index (χ1n) is 27.4. The molecule has 0 aromatic rings. The van der Waals surface area contributed by atoms with Gasteiger partial charge in [-0.2, -0.15) is 0 Å². The second-order valence-corrected chi connectivity index (χ2v) is 18.1. The minimum Gasteiger partial charge on any atom is -0.462 e. The molecule has 0 bridgehead atoms. The van der Waals surface area contributed by atoms with Crippen molar-refractivity contribution in [3.8, 4) is 0 Å². The molecule has 6 nitrogen and oxygen atoms in total. The zero-order valence-corrected chi connectivity index (χ0v) is 42.7. The van der Waals surface area contributed by atoms with Gasteiger partial charge in [0.1, 0.15) is 13.2 Å². The van der Waals surface area contributed by atoms with Crippen molar-refractivity contribution in [2.24, 2.45) is 0 Å². The molecule has 374 valence electrons. The molecule has 6 heteroatoms. The second kappa shape index (κ2) is 53.5. The van der Waals surface area contributed by atoms with Crippen molar-refractivity contribution in [2.75, 3.05) is 13.2 Å². The van der Waals surface area contributed by atoms with Crippen LogP contribution < -0.4 is 0 Å². The van der Waals surface area contributed by atoms with E-state index in [-0.39, 0.29) is 37.5 Å². The summed E-state index contributed by atoms with van der Waals surface area (Å²) in [5.41, 5.74) is 0. The topological polar surface area (TPSA) is 78.9 Å². The van der Waals surface area contributed by atoms with Crippen LogP contribution in [0.15, 0.2) is 72.9 Å². The summed E-state index contributed by atoms with van der Waals surface area (Å²) in [7, 11) is 0. The lowest BCUT2D eigenvalue weighted by atomic mass is 10.0. The van der Waals surface area contributed by atoms with Crippen LogP contribution in [0.5, 0.6) is 0 Å². The standard InChI is InChI=1S/C59H102O6/c1-4-7-10-13-16-19-22-25-27-29-31-34-37-40-43-46-49-52-58(61)64-55-56(54-63-57(60)51-48-45-42-39-36-33-24-21-18-15-12-9-6-3)65-59(62)53-50-47-44-41-38-35-32-30-28-26-23-20-17-14-11-8-5-2/h16-17,19-20,25-28,31,34,40,43,56H,4-15,18,21-24,29-30,32-33,35-39,41-42,44-55H2,1-3H3/b19-16-,20-17-,27-25-,28-26-,34-31-,43-40-/t56-/m0/s1. The molecule has 0 radical (unpaired) electrons. The van der Waals surface area contributed by atoms with Crippen LogP contribution >= 0.6 is 0 Å². The molecule has 0 N–H and O–H groups in total. The number of carbonyl (C=O) groups excluding carboxylic acids is 3. The lowest BCUT2D eigenvalue weighted by Crippen LogP contribution is -2.30. The molecule has 0 aliphatic rings. The maximum atomic E-state index is 12.8. The summed E-state index contributed by atoms with van der Waals surface area (Å²) in [5, 5.41) is 0. The molecule has 0 aromatic heterocycles. The van der Waals surface area contributed by atoms with Crippen molar-refractivity contribution in [1.82, 2.24) is 0 Å². The van der Waals surface area contributed by atoms with Gasteiger partial charge in [-0.15, -0.1) is 0 Å². The Labute approximate surface area is 402 Å². The van der Waals surface area contributed by atoms with Gasteiger partial charge >= 0.3 is 17.9 Å². The van der Waals surface area contributed by atoms with E-state index >= 15 is 0 Å². The Hall–Kier alpha value is -3.15. The second-order valence-electron chi connectivity index (χ2n) is 18.1.